The first-order chi connectivity index (χ1) is 8.06. The van der Waals surface area contributed by atoms with Gasteiger partial charge in [-0.05, 0) is 48.4 Å². The fourth-order valence-electron chi connectivity index (χ4n) is 1.80. The van der Waals surface area contributed by atoms with Gasteiger partial charge in [-0.15, -0.1) is 0 Å². The molecule has 0 aliphatic carbocycles. The molecule has 0 aromatic heterocycles. The van der Waals surface area contributed by atoms with Crippen LogP contribution in [0, 0.1) is 11.3 Å². The minimum absolute atomic E-state index is 0.450. The standard InChI is InChI=1S/C15H15NO/c1-15(2,10-16)13-6-4-12-9-14(17-3)7-5-11(12)8-13/h4-9H,1-3H3. The van der Waals surface area contributed by atoms with Crippen LogP contribution in [0.3, 0.4) is 0 Å². The minimum atomic E-state index is -0.450. The number of hydrogen-bond donors (Lipinski definition) is 0. The molecule has 0 heterocycles. The average Bonchev–Trinajstić information content (AvgIpc) is 2.37. The van der Waals surface area contributed by atoms with E-state index in [9.17, 15) is 0 Å². The quantitative estimate of drug-likeness (QED) is 0.781. The van der Waals surface area contributed by atoms with Gasteiger partial charge in [-0.25, -0.2) is 0 Å². The second-order valence-electron chi connectivity index (χ2n) is 4.66. The summed E-state index contributed by atoms with van der Waals surface area (Å²) in [4.78, 5) is 0. The summed E-state index contributed by atoms with van der Waals surface area (Å²) in [6, 6.07) is 14.4. The molecule has 2 nitrogen and oxygen atoms in total. The molecule has 0 aliphatic rings. The molecule has 86 valence electrons. The SMILES string of the molecule is COc1ccc2cc(C(C)(C)C#N)ccc2c1. The number of nitrogens with zero attached hydrogens (tertiary/aromatic N) is 1. The minimum Gasteiger partial charge on any atom is -0.497 e. The van der Waals surface area contributed by atoms with Crippen molar-refractivity contribution < 1.29 is 4.74 Å². The monoisotopic (exact) mass is 225 g/mol. The summed E-state index contributed by atoms with van der Waals surface area (Å²) in [5, 5.41) is 11.4. The van der Waals surface area contributed by atoms with E-state index < -0.39 is 5.41 Å². The molecule has 0 atom stereocenters. The van der Waals surface area contributed by atoms with Crippen LogP contribution >= 0.6 is 0 Å². The van der Waals surface area contributed by atoms with Crippen LogP contribution in [0.15, 0.2) is 36.4 Å². The molecule has 2 rings (SSSR count). The van der Waals surface area contributed by atoms with E-state index in [-0.39, 0.29) is 0 Å². The zero-order valence-corrected chi connectivity index (χ0v) is 10.3. The van der Waals surface area contributed by atoms with Gasteiger partial charge in [0.05, 0.1) is 18.6 Å². The molecule has 17 heavy (non-hydrogen) atoms. The summed E-state index contributed by atoms with van der Waals surface area (Å²) >= 11 is 0. The maximum Gasteiger partial charge on any atom is 0.119 e. The molecule has 0 amide bonds. The number of hydrogen-bond acceptors (Lipinski definition) is 2. The van der Waals surface area contributed by atoms with E-state index in [1.54, 1.807) is 7.11 Å². The highest BCUT2D eigenvalue weighted by molar-refractivity contribution is 5.84. The lowest BCUT2D eigenvalue weighted by Crippen LogP contribution is -2.13. The Morgan fingerprint density at radius 1 is 1.06 bits per heavy atom. The highest BCUT2D eigenvalue weighted by Gasteiger charge is 2.19. The Bertz CT molecular complexity index is 593. The number of fused-ring (bicyclic) bond motifs is 1. The smallest absolute Gasteiger partial charge is 0.119 e. The predicted octanol–water partition coefficient (Wildman–Crippen LogP) is 3.65. The molecule has 0 bridgehead atoms. The Balaban J connectivity index is 2.57. The van der Waals surface area contributed by atoms with E-state index >= 15 is 0 Å². The van der Waals surface area contributed by atoms with Crippen LogP contribution in [0.2, 0.25) is 0 Å². The van der Waals surface area contributed by atoms with E-state index in [0.29, 0.717) is 0 Å². The summed E-state index contributed by atoms with van der Waals surface area (Å²) in [5.74, 6) is 0.852. The second-order valence-corrected chi connectivity index (χ2v) is 4.66. The Hall–Kier alpha value is -2.01. The van der Waals surface area contributed by atoms with Gasteiger partial charge in [0.2, 0.25) is 0 Å². The van der Waals surface area contributed by atoms with Crippen molar-refractivity contribution in [2.45, 2.75) is 19.3 Å². The van der Waals surface area contributed by atoms with Crippen molar-refractivity contribution in [3.63, 3.8) is 0 Å². The molecule has 2 aromatic rings. The Morgan fingerprint density at radius 2 is 1.71 bits per heavy atom. The van der Waals surface area contributed by atoms with Crippen molar-refractivity contribution in [2.75, 3.05) is 7.11 Å². The number of nitriles is 1. The van der Waals surface area contributed by atoms with Gasteiger partial charge in [-0.3, -0.25) is 0 Å². The maximum absolute atomic E-state index is 9.13. The molecule has 0 radical (unpaired) electrons. The van der Waals surface area contributed by atoms with E-state index in [2.05, 4.69) is 12.1 Å². The van der Waals surface area contributed by atoms with Crippen LogP contribution in [-0.2, 0) is 5.41 Å². The summed E-state index contributed by atoms with van der Waals surface area (Å²) in [5.41, 5.74) is 0.589. The highest BCUT2D eigenvalue weighted by Crippen LogP contribution is 2.27. The van der Waals surface area contributed by atoms with Gasteiger partial charge < -0.3 is 4.74 Å². The van der Waals surface area contributed by atoms with Gasteiger partial charge in [0.25, 0.3) is 0 Å². The first-order valence-corrected chi connectivity index (χ1v) is 5.56. The van der Waals surface area contributed by atoms with E-state index in [4.69, 9.17) is 10.00 Å². The van der Waals surface area contributed by atoms with Gasteiger partial charge >= 0.3 is 0 Å². The number of benzene rings is 2. The topological polar surface area (TPSA) is 33.0 Å². The summed E-state index contributed by atoms with van der Waals surface area (Å²) in [7, 11) is 1.66. The third-order valence-electron chi connectivity index (χ3n) is 3.05. The lowest BCUT2D eigenvalue weighted by atomic mass is 9.85. The molecule has 2 heteroatoms. The molecular weight excluding hydrogens is 210 g/mol. The van der Waals surface area contributed by atoms with Crippen molar-refractivity contribution in [2.24, 2.45) is 0 Å². The van der Waals surface area contributed by atoms with Crippen molar-refractivity contribution in [1.29, 1.82) is 5.26 Å². The van der Waals surface area contributed by atoms with Crippen LogP contribution in [0.4, 0.5) is 0 Å². The fourth-order valence-corrected chi connectivity index (χ4v) is 1.80. The zero-order valence-electron chi connectivity index (χ0n) is 10.3. The average molecular weight is 225 g/mol. The molecule has 0 fully saturated rings. The van der Waals surface area contributed by atoms with Gasteiger partial charge in [0.1, 0.15) is 5.75 Å². The lowest BCUT2D eigenvalue weighted by molar-refractivity contribution is 0.415. The second kappa shape index (κ2) is 4.10. The normalized spacial score (nSPS) is 11.2. The van der Waals surface area contributed by atoms with Crippen LogP contribution in [0.25, 0.3) is 10.8 Å². The third-order valence-corrected chi connectivity index (χ3v) is 3.05. The van der Waals surface area contributed by atoms with E-state index in [1.165, 1.54) is 0 Å². The maximum atomic E-state index is 9.13. The fraction of sp³-hybridized carbons (Fsp3) is 0.267. The van der Waals surface area contributed by atoms with Crippen molar-refractivity contribution in [3.8, 4) is 11.8 Å². The van der Waals surface area contributed by atoms with Crippen LogP contribution in [0.5, 0.6) is 5.75 Å². The van der Waals surface area contributed by atoms with Crippen molar-refractivity contribution in [3.05, 3.63) is 42.0 Å². The van der Waals surface area contributed by atoms with Crippen molar-refractivity contribution >= 4 is 10.8 Å². The molecule has 0 aliphatic heterocycles. The van der Waals surface area contributed by atoms with Crippen LogP contribution in [0.1, 0.15) is 19.4 Å². The van der Waals surface area contributed by atoms with Gasteiger partial charge in [0, 0.05) is 0 Å². The van der Waals surface area contributed by atoms with Crippen LogP contribution in [-0.4, -0.2) is 7.11 Å². The lowest BCUT2D eigenvalue weighted by Gasteiger charge is -2.16. The first kappa shape index (κ1) is 11.5. The summed E-state index contributed by atoms with van der Waals surface area (Å²) in [6.07, 6.45) is 0. The number of ether oxygens (including phenoxy) is 1. The van der Waals surface area contributed by atoms with Gasteiger partial charge in [-0.1, -0.05) is 18.2 Å². The molecule has 0 saturated heterocycles. The van der Waals surface area contributed by atoms with E-state index in [0.717, 1.165) is 22.1 Å². The molecule has 0 N–H and O–H groups in total. The zero-order chi connectivity index (χ0) is 12.5. The molecular formula is C15H15NO. The highest BCUT2D eigenvalue weighted by atomic mass is 16.5. The molecule has 0 saturated carbocycles. The predicted molar refractivity (Wildman–Crippen MR) is 69.1 cm³/mol. The van der Waals surface area contributed by atoms with Crippen LogP contribution < -0.4 is 4.74 Å². The van der Waals surface area contributed by atoms with Crippen molar-refractivity contribution in [1.82, 2.24) is 0 Å². The number of rotatable bonds is 2. The first-order valence-electron chi connectivity index (χ1n) is 5.56. The summed E-state index contributed by atoms with van der Waals surface area (Å²) in [6.45, 7) is 3.86. The largest absolute Gasteiger partial charge is 0.497 e. The molecule has 0 unspecified atom stereocenters. The van der Waals surface area contributed by atoms with E-state index in [1.807, 2.05) is 44.2 Å². The Kier molecular flexibility index (Phi) is 2.77. The third kappa shape index (κ3) is 2.09. The molecule has 0 spiro atoms. The van der Waals surface area contributed by atoms with Gasteiger partial charge in [0.15, 0.2) is 0 Å². The molecule has 2 aromatic carbocycles. The summed E-state index contributed by atoms with van der Waals surface area (Å²) < 4.78 is 5.19. The Morgan fingerprint density at radius 3 is 2.35 bits per heavy atom. The number of methoxy groups -OCH3 is 1. The van der Waals surface area contributed by atoms with Gasteiger partial charge in [-0.2, -0.15) is 5.26 Å². The Labute approximate surface area is 101 Å².